The van der Waals surface area contributed by atoms with E-state index in [1.807, 2.05) is 0 Å². The first kappa shape index (κ1) is 20.0. The zero-order valence-corrected chi connectivity index (χ0v) is 16.5. The summed E-state index contributed by atoms with van der Waals surface area (Å²) in [5.74, 6) is -1.19. The second-order valence-corrected chi connectivity index (χ2v) is 8.18. The molecule has 4 rings (SSSR count). The second kappa shape index (κ2) is 9.03. The average Bonchev–Trinajstić information content (AvgIpc) is 3.23. The minimum atomic E-state index is -0.752. The van der Waals surface area contributed by atoms with Gasteiger partial charge >= 0.3 is 0 Å². The summed E-state index contributed by atoms with van der Waals surface area (Å²) in [6, 6.07) is 5.32. The highest BCUT2D eigenvalue weighted by Gasteiger charge is 2.26. The van der Waals surface area contributed by atoms with Gasteiger partial charge in [0.05, 0.1) is 5.56 Å². The summed E-state index contributed by atoms with van der Waals surface area (Å²) >= 11 is 0. The van der Waals surface area contributed by atoms with E-state index in [0.29, 0.717) is 12.5 Å². The fraction of sp³-hybridized carbons (Fsp3) is 0.545. The normalized spacial score (nSPS) is 19.4. The molecule has 7 heteroatoms. The minimum Gasteiger partial charge on any atom is -0.355 e. The van der Waals surface area contributed by atoms with Crippen LogP contribution in [-0.2, 0) is 0 Å². The summed E-state index contributed by atoms with van der Waals surface area (Å²) in [6.45, 7) is 2.80. The predicted molar refractivity (Wildman–Crippen MR) is 105 cm³/mol. The molecule has 2 fully saturated rings. The number of hydrogen-bond acceptors (Lipinski definition) is 4. The number of nitrogens with zero attached hydrogens (tertiary/aromatic N) is 2. The molecule has 0 radical (unpaired) electrons. The van der Waals surface area contributed by atoms with Gasteiger partial charge in [-0.15, -0.1) is 0 Å². The van der Waals surface area contributed by atoms with Gasteiger partial charge in [0.2, 0.25) is 0 Å². The lowest BCUT2D eigenvalue weighted by molar-refractivity contribution is 0.0892. The van der Waals surface area contributed by atoms with E-state index in [1.165, 1.54) is 44.2 Å². The fourth-order valence-corrected chi connectivity index (χ4v) is 4.49. The lowest BCUT2D eigenvalue weighted by Gasteiger charge is -2.39. The third-order valence-electron chi connectivity index (χ3n) is 6.23. The Morgan fingerprint density at radius 2 is 1.86 bits per heavy atom. The molecule has 1 saturated heterocycles. The number of carbonyl (C=O) groups excluding carboxylic acids is 1. The smallest absolute Gasteiger partial charge is 0.273 e. The minimum absolute atomic E-state index is 0.0769. The maximum absolute atomic E-state index is 13.9. The summed E-state index contributed by atoms with van der Waals surface area (Å²) in [5.41, 5.74) is 0.177. The van der Waals surface area contributed by atoms with Crippen LogP contribution in [0.1, 0.15) is 55.4 Å². The molecule has 1 amide bonds. The van der Waals surface area contributed by atoms with Gasteiger partial charge in [-0.3, -0.25) is 4.79 Å². The SMILES string of the molecule is O=C(NCC1CCN(C2CCCCC2)CC1)c1cc(-c2ccc(F)cc2F)on1. The van der Waals surface area contributed by atoms with Gasteiger partial charge in [0, 0.05) is 24.7 Å². The van der Waals surface area contributed by atoms with E-state index in [9.17, 15) is 13.6 Å². The van der Waals surface area contributed by atoms with E-state index >= 15 is 0 Å². The molecule has 2 aromatic rings. The molecule has 2 aliphatic rings. The molecule has 0 unspecified atom stereocenters. The van der Waals surface area contributed by atoms with Crippen LogP contribution in [0.25, 0.3) is 11.3 Å². The van der Waals surface area contributed by atoms with Crippen LogP contribution in [0.3, 0.4) is 0 Å². The van der Waals surface area contributed by atoms with Gasteiger partial charge in [-0.25, -0.2) is 8.78 Å². The molecule has 29 heavy (non-hydrogen) atoms. The van der Waals surface area contributed by atoms with Gasteiger partial charge in [-0.05, 0) is 56.8 Å². The number of halogens is 2. The van der Waals surface area contributed by atoms with Crippen molar-refractivity contribution >= 4 is 5.91 Å². The molecule has 156 valence electrons. The van der Waals surface area contributed by atoms with Crippen molar-refractivity contribution in [1.82, 2.24) is 15.4 Å². The highest BCUT2D eigenvalue weighted by molar-refractivity contribution is 5.93. The largest absolute Gasteiger partial charge is 0.355 e. The Morgan fingerprint density at radius 3 is 2.59 bits per heavy atom. The van der Waals surface area contributed by atoms with Crippen LogP contribution >= 0.6 is 0 Å². The molecular formula is C22H27F2N3O2. The number of nitrogens with one attached hydrogen (secondary N) is 1. The van der Waals surface area contributed by atoms with E-state index in [2.05, 4.69) is 15.4 Å². The maximum Gasteiger partial charge on any atom is 0.273 e. The summed E-state index contributed by atoms with van der Waals surface area (Å²) < 4.78 is 32.0. The van der Waals surface area contributed by atoms with Gasteiger partial charge in [0.15, 0.2) is 11.5 Å². The lowest BCUT2D eigenvalue weighted by Crippen LogP contribution is -2.44. The van der Waals surface area contributed by atoms with Crippen molar-refractivity contribution in [3.05, 3.63) is 41.6 Å². The monoisotopic (exact) mass is 403 g/mol. The third-order valence-corrected chi connectivity index (χ3v) is 6.23. The summed E-state index contributed by atoms with van der Waals surface area (Å²) in [5, 5.41) is 6.66. The summed E-state index contributed by atoms with van der Waals surface area (Å²) in [7, 11) is 0. The Kier molecular flexibility index (Phi) is 6.23. The Balaban J connectivity index is 1.27. The zero-order valence-electron chi connectivity index (χ0n) is 16.5. The first-order valence-electron chi connectivity index (χ1n) is 10.5. The van der Waals surface area contributed by atoms with Crippen LogP contribution in [0, 0.1) is 17.6 Å². The Morgan fingerprint density at radius 1 is 1.10 bits per heavy atom. The van der Waals surface area contributed by atoms with Crippen molar-refractivity contribution in [2.75, 3.05) is 19.6 Å². The van der Waals surface area contributed by atoms with Crippen LogP contribution in [0.15, 0.2) is 28.8 Å². The number of benzene rings is 1. The third kappa shape index (κ3) is 4.83. The van der Waals surface area contributed by atoms with Crippen LogP contribution in [0.4, 0.5) is 8.78 Å². The zero-order chi connectivity index (χ0) is 20.2. The van der Waals surface area contributed by atoms with Crippen molar-refractivity contribution in [1.29, 1.82) is 0 Å². The molecule has 2 heterocycles. The summed E-state index contributed by atoms with van der Waals surface area (Å²) in [4.78, 5) is 15.0. The van der Waals surface area contributed by atoms with Crippen LogP contribution in [-0.4, -0.2) is 41.6 Å². The molecular weight excluding hydrogens is 376 g/mol. The average molecular weight is 403 g/mol. The second-order valence-electron chi connectivity index (χ2n) is 8.18. The van der Waals surface area contributed by atoms with Gasteiger partial charge in [0.25, 0.3) is 5.91 Å². The lowest BCUT2D eigenvalue weighted by atomic mass is 9.90. The molecule has 1 aromatic carbocycles. The van der Waals surface area contributed by atoms with Crippen molar-refractivity contribution in [3.63, 3.8) is 0 Å². The number of hydrogen-bond donors (Lipinski definition) is 1. The molecule has 1 aliphatic heterocycles. The van der Waals surface area contributed by atoms with Gasteiger partial charge in [-0.1, -0.05) is 24.4 Å². The van der Waals surface area contributed by atoms with E-state index in [-0.39, 0.29) is 22.9 Å². The van der Waals surface area contributed by atoms with Crippen molar-refractivity contribution in [2.24, 2.45) is 5.92 Å². The highest BCUT2D eigenvalue weighted by atomic mass is 19.1. The van der Waals surface area contributed by atoms with Crippen molar-refractivity contribution in [2.45, 2.75) is 51.0 Å². The molecule has 1 saturated carbocycles. The fourth-order valence-electron chi connectivity index (χ4n) is 4.49. The maximum atomic E-state index is 13.9. The Labute approximate surface area is 169 Å². The van der Waals surface area contributed by atoms with Crippen LogP contribution in [0.5, 0.6) is 0 Å². The first-order chi connectivity index (χ1) is 14.1. The molecule has 5 nitrogen and oxygen atoms in total. The van der Waals surface area contributed by atoms with Gasteiger partial charge in [-0.2, -0.15) is 0 Å². The molecule has 1 aliphatic carbocycles. The van der Waals surface area contributed by atoms with Crippen molar-refractivity contribution in [3.8, 4) is 11.3 Å². The molecule has 0 spiro atoms. The molecule has 0 bridgehead atoms. The number of likely N-dealkylation sites (tertiary alicyclic amines) is 1. The number of amides is 1. The van der Waals surface area contributed by atoms with E-state index in [4.69, 9.17) is 4.52 Å². The van der Waals surface area contributed by atoms with Crippen LogP contribution < -0.4 is 5.32 Å². The molecule has 1 N–H and O–H groups in total. The number of piperidine rings is 1. The first-order valence-corrected chi connectivity index (χ1v) is 10.5. The number of rotatable bonds is 5. The topological polar surface area (TPSA) is 58.4 Å². The van der Waals surface area contributed by atoms with Gasteiger partial charge < -0.3 is 14.7 Å². The van der Waals surface area contributed by atoms with E-state index in [0.717, 1.165) is 44.1 Å². The quantitative estimate of drug-likeness (QED) is 0.804. The molecule has 0 atom stereocenters. The predicted octanol–water partition coefficient (Wildman–Crippen LogP) is 4.39. The molecule has 1 aromatic heterocycles. The van der Waals surface area contributed by atoms with E-state index in [1.54, 1.807) is 0 Å². The Hall–Kier alpha value is -2.28. The van der Waals surface area contributed by atoms with Gasteiger partial charge in [0.1, 0.15) is 11.6 Å². The number of carbonyl (C=O) groups is 1. The highest BCUT2D eigenvalue weighted by Crippen LogP contribution is 2.27. The number of aromatic nitrogens is 1. The summed E-state index contributed by atoms with van der Waals surface area (Å²) in [6.07, 6.45) is 8.89. The van der Waals surface area contributed by atoms with Crippen molar-refractivity contribution < 1.29 is 18.1 Å². The van der Waals surface area contributed by atoms with E-state index < -0.39 is 11.6 Å². The van der Waals surface area contributed by atoms with Crippen LogP contribution in [0.2, 0.25) is 0 Å². The standard InChI is InChI=1S/C22H27F2N3O2/c23-16-6-7-18(19(24)12-16)21-13-20(26-29-21)22(28)25-14-15-8-10-27(11-9-15)17-4-2-1-3-5-17/h6-7,12-13,15,17H,1-5,8-11,14H2,(H,25,28). The Bertz CT molecular complexity index is 840.